The second kappa shape index (κ2) is 20.9. The van der Waals surface area contributed by atoms with Gasteiger partial charge in [0, 0.05) is 60.5 Å². The summed E-state index contributed by atoms with van der Waals surface area (Å²) in [4.78, 5) is 13.4. The molecular weight excluding hydrogens is 1010 g/mol. The fourth-order valence-corrected chi connectivity index (χ4v) is 12.9. The number of Topliss-reactive ketones (excluding diaryl/α,β-unsaturated/α-hetero) is 1. The first-order valence-electron chi connectivity index (χ1n) is 24.5. The van der Waals surface area contributed by atoms with E-state index in [4.69, 9.17) is 0 Å². The summed E-state index contributed by atoms with van der Waals surface area (Å²) in [5, 5.41) is 24.9. The number of carbonyl (C=O) groups excluding carboxylic acids is 1. The van der Waals surface area contributed by atoms with Crippen molar-refractivity contribution in [2.24, 2.45) is 10.8 Å². The number of aliphatic hydroxyl groups is 2. The Hall–Kier alpha value is -5.13. The molecule has 0 aliphatic carbocycles. The second-order valence-electron chi connectivity index (χ2n) is 20.4. The Morgan fingerprint density at radius 3 is 1.17 bits per heavy atom. The van der Waals surface area contributed by atoms with Crippen molar-refractivity contribution >= 4 is 5.78 Å². The summed E-state index contributed by atoms with van der Waals surface area (Å²) >= 11 is 0. The number of rotatable bonds is 12. The third kappa shape index (κ3) is 9.30. The van der Waals surface area contributed by atoms with Crippen LogP contribution in [-0.4, -0.2) is 70.8 Å². The molecule has 6 heterocycles. The molecule has 9 heteroatoms. The normalized spacial score (nSPS) is 23.5. The number of benzene rings is 7. The van der Waals surface area contributed by atoms with Crippen molar-refractivity contribution in [2.75, 3.05) is 45.8 Å². The van der Waals surface area contributed by atoms with Crippen LogP contribution in [0.5, 0.6) is 0 Å². The minimum atomic E-state index is -1.07. The maximum atomic E-state index is 14.4. The van der Waals surface area contributed by atoms with Crippen LogP contribution < -0.4 is 34.0 Å². The third-order valence-electron chi connectivity index (χ3n) is 17.0. The number of hydrogen-bond donors (Lipinski definition) is 2. The molecule has 6 aliphatic heterocycles. The van der Waals surface area contributed by atoms with E-state index in [0.29, 0.717) is 18.7 Å². The lowest BCUT2D eigenvalue weighted by Gasteiger charge is -2.60. The first-order chi connectivity index (χ1) is 33.0. The van der Waals surface area contributed by atoms with E-state index in [2.05, 4.69) is 48.5 Å². The topological polar surface area (TPSA) is 57.5 Å². The quantitative estimate of drug-likeness (QED) is 0.119. The number of halogens is 4. The van der Waals surface area contributed by atoms with E-state index in [9.17, 15) is 23.8 Å². The zero-order valence-corrected chi connectivity index (χ0v) is 42.8. The van der Waals surface area contributed by atoms with Crippen LogP contribution in [0, 0.1) is 22.5 Å². The molecule has 0 spiro atoms. The molecule has 362 valence electrons. The van der Waals surface area contributed by atoms with Gasteiger partial charge in [0.15, 0.2) is 11.6 Å². The molecule has 70 heavy (non-hydrogen) atoms. The van der Waals surface area contributed by atoms with Crippen LogP contribution in [0.4, 0.5) is 8.78 Å². The molecule has 0 unspecified atom stereocenters. The number of quaternary nitrogens is 2. The first kappa shape index (κ1) is 51.2. The van der Waals surface area contributed by atoms with Crippen LogP contribution in [0.25, 0.3) is 11.1 Å². The maximum absolute atomic E-state index is 14.4. The van der Waals surface area contributed by atoms with Crippen molar-refractivity contribution < 1.29 is 66.7 Å². The summed E-state index contributed by atoms with van der Waals surface area (Å²) in [5.41, 5.74) is 4.73. The van der Waals surface area contributed by atoms with Gasteiger partial charge in [0.2, 0.25) is 5.78 Å². The van der Waals surface area contributed by atoms with Crippen LogP contribution >= 0.6 is 0 Å². The predicted octanol–water partition coefficient (Wildman–Crippen LogP) is 5.88. The molecular formula is C61H62Br2F2N2O3. The molecule has 7 aromatic rings. The first-order valence-corrected chi connectivity index (χ1v) is 24.5. The van der Waals surface area contributed by atoms with E-state index in [-0.39, 0.29) is 50.6 Å². The maximum Gasteiger partial charge on any atom is 0.216 e. The fraction of sp³-hybridized carbons (Fsp3) is 0.295. The molecule has 6 aliphatic rings. The van der Waals surface area contributed by atoms with E-state index in [1.54, 1.807) is 12.1 Å². The average molecular weight is 1070 g/mol. The average Bonchev–Trinajstić information content (AvgIpc) is 3.42. The lowest BCUT2D eigenvalue weighted by molar-refractivity contribution is -0.958. The highest BCUT2D eigenvalue weighted by molar-refractivity contribution is 5.97. The zero-order chi connectivity index (χ0) is 46.9. The number of hydrogen-bond acceptors (Lipinski definition) is 3. The summed E-state index contributed by atoms with van der Waals surface area (Å²) in [5.74, 6) is -1.28. The van der Waals surface area contributed by atoms with Gasteiger partial charge in [-0.05, 0) is 39.4 Å². The summed E-state index contributed by atoms with van der Waals surface area (Å²) in [7, 11) is 0. The minimum Gasteiger partial charge on any atom is -1.00 e. The largest absolute Gasteiger partial charge is 1.00 e. The Bertz CT molecular complexity index is 2710. The van der Waals surface area contributed by atoms with Gasteiger partial charge in [-0.1, -0.05) is 188 Å². The molecule has 6 fully saturated rings. The van der Waals surface area contributed by atoms with E-state index in [1.165, 1.54) is 6.07 Å². The molecule has 0 radical (unpaired) electrons. The number of fused-ring (bicyclic) bond motifs is 6. The van der Waals surface area contributed by atoms with Crippen molar-refractivity contribution in [2.45, 2.75) is 56.3 Å². The van der Waals surface area contributed by atoms with Gasteiger partial charge >= 0.3 is 0 Å². The Balaban J connectivity index is 0.000000186. The van der Waals surface area contributed by atoms with Gasteiger partial charge in [-0.25, -0.2) is 8.78 Å². The highest BCUT2D eigenvalue weighted by atomic mass is 79.9. The molecule has 6 saturated heterocycles. The molecule has 13 rings (SSSR count). The zero-order valence-electron chi connectivity index (χ0n) is 39.6. The van der Waals surface area contributed by atoms with Crippen LogP contribution in [0.1, 0.15) is 76.7 Å². The van der Waals surface area contributed by atoms with Crippen molar-refractivity contribution in [1.82, 2.24) is 0 Å². The molecule has 5 nitrogen and oxygen atoms in total. The molecule has 0 saturated carbocycles. The molecule has 7 aromatic carbocycles. The summed E-state index contributed by atoms with van der Waals surface area (Å²) < 4.78 is 29.7. The van der Waals surface area contributed by atoms with Gasteiger partial charge in [0.05, 0.1) is 39.3 Å². The SMILES string of the molecule is O=C(C[N+]12CCC(C(O)(c3ccccc3)c3ccccc3)(CC1)CC2)c1ccc(-c2ccccc2)cc1.OC(c1ccccc1)(c1ccccc1)C12CC[N+](Cc3cccc(F)c3F)(CC1)CC2.[Br-].[Br-]. The smallest absolute Gasteiger partial charge is 0.216 e. The lowest BCUT2D eigenvalue weighted by atomic mass is 9.56. The van der Waals surface area contributed by atoms with Crippen molar-refractivity contribution in [3.05, 3.63) is 239 Å². The molecule has 0 aromatic heterocycles. The van der Waals surface area contributed by atoms with Crippen LogP contribution in [0.2, 0.25) is 0 Å². The fourth-order valence-electron chi connectivity index (χ4n) is 12.9. The van der Waals surface area contributed by atoms with Gasteiger partial charge in [0.25, 0.3) is 0 Å². The number of ketones is 1. The Morgan fingerprint density at radius 2 is 0.786 bits per heavy atom. The van der Waals surface area contributed by atoms with E-state index >= 15 is 0 Å². The predicted molar refractivity (Wildman–Crippen MR) is 265 cm³/mol. The lowest BCUT2D eigenvalue weighted by Crippen LogP contribution is -3.00. The summed E-state index contributed by atoms with van der Waals surface area (Å²) in [6.45, 7) is 6.40. The van der Waals surface area contributed by atoms with Crippen LogP contribution in [-0.2, 0) is 17.7 Å². The summed E-state index contributed by atoms with van der Waals surface area (Å²) in [6.07, 6.45) is 5.28. The van der Waals surface area contributed by atoms with Gasteiger partial charge in [-0.15, -0.1) is 0 Å². The van der Waals surface area contributed by atoms with E-state index in [1.807, 2.05) is 127 Å². The Morgan fingerprint density at radius 1 is 0.443 bits per heavy atom. The number of nitrogens with zero attached hydrogens (tertiary/aromatic N) is 2. The van der Waals surface area contributed by atoms with Crippen LogP contribution in [0.15, 0.2) is 194 Å². The van der Waals surface area contributed by atoms with Crippen LogP contribution in [0.3, 0.4) is 0 Å². The van der Waals surface area contributed by atoms with Gasteiger partial charge in [-0.3, -0.25) is 4.79 Å². The van der Waals surface area contributed by atoms with Gasteiger partial charge < -0.3 is 53.1 Å². The number of piperidine rings is 6. The monoisotopic (exact) mass is 1070 g/mol. The standard InChI is InChI=1S/C34H34NO2.C27H28F2NO.2BrH/c36-32(29-18-16-28(17-19-29)27-10-4-1-5-11-27)26-35-23-20-33(21-24-35,22-25-35)34(37,30-12-6-2-7-13-30)31-14-8-3-9-15-31;28-24-13-7-8-21(25(24)29)20-30-17-14-26(15-18-30,16-19-30)27(31,22-9-3-1-4-10-22)23-11-5-2-6-12-23;;/h1-19,37H,20-26H2;1-13,31H,14-20H2;2*1H/q2*+1;;/p-2. The third-order valence-corrected chi connectivity index (χ3v) is 17.0. The molecule has 0 amide bonds. The molecule has 2 N–H and O–H groups in total. The molecule has 0 atom stereocenters. The van der Waals surface area contributed by atoms with Gasteiger partial charge in [-0.2, -0.15) is 0 Å². The van der Waals surface area contributed by atoms with E-state index in [0.717, 1.165) is 126 Å². The highest BCUT2D eigenvalue weighted by Gasteiger charge is 2.62. The second-order valence-corrected chi connectivity index (χ2v) is 20.4. The number of carbonyl (C=O) groups is 1. The Labute approximate surface area is 433 Å². The van der Waals surface area contributed by atoms with Crippen molar-refractivity contribution in [3.63, 3.8) is 0 Å². The van der Waals surface area contributed by atoms with Crippen molar-refractivity contribution in [1.29, 1.82) is 0 Å². The highest BCUT2D eigenvalue weighted by Crippen LogP contribution is 2.59. The summed E-state index contributed by atoms with van der Waals surface area (Å²) in [6, 6.07) is 63.2. The molecule has 4 bridgehead atoms. The van der Waals surface area contributed by atoms with Gasteiger partial charge in [0.1, 0.15) is 24.3 Å². The minimum absolute atomic E-state index is 0. The Kier molecular flexibility index (Phi) is 15.3. The van der Waals surface area contributed by atoms with E-state index < -0.39 is 22.8 Å². The van der Waals surface area contributed by atoms with Crippen molar-refractivity contribution in [3.8, 4) is 11.1 Å².